The Morgan fingerprint density at radius 1 is 1.19 bits per heavy atom. The number of amides is 1. The zero-order valence-electron chi connectivity index (χ0n) is 16.9. The van der Waals surface area contributed by atoms with Gasteiger partial charge < -0.3 is 4.74 Å². The predicted octanol–water partition coefficient (Wildman–Crippen LogP) is 2.06. The lowest BCUT2D eigenvalue weighted by molar-refractivity contribution is -0.148. The number of rotatable bonds is 7. The summed E-state index contributed by atoms with van der Waals surface area (Å²) in [4.78, 5) is 24.5. The van der Waals surface area contributed by atoms with Gasteiger partial charge in [0.1, 0.15) is 11.6 Å². The van der Waals surface area contributed by atoms with Crippen LogP contribution in [0.1, 0.15) is 25.3 Å². The first-order valence-electron chi connectivity index (χ1n) is 9.67. The van der Waals surface area contributed by atoms with Gasteiger partial charge >= 0.3 is 0 Å². The minimum atomic E-state index is -4.19. The molecule has 0 spiro atoms. The molecule has 2 aromatic carbocycles. The summed E-state index contributed by atoms with van der Waals surface area (Å²) in [7, 11) is -4.19. The number of ketones is 1. The van der Waals surface area contributed by atoms with Gasteiger partial charge in [0.2, 0.25) is 10.0 Å². The van der Waals surface area contributed by atoms with Crippen molar-refractivity contribution in [2.75, 3.05) is 13.2 Å². The SMILES string of the molecule is C[C@]1(C(=O)NO)C(=O)CCCN1S(=O)(=O)c1ccc(OCCc2ccc(F)cc2)cc1. The summed E-state index contributed by atoms with van der Waals surface area (Å²) < 4.78 is 45.7. The second kappa shape index (κ2) is 9.13. The lowest BCUT2D eigenvalue weighted by Crippen LogP contribution is -2.65. The number of nitrogens with one attached hydrogen (secondary N) is 1. The zero-order chi connectivity index (χ0) is 22.6. The molecule has 8 nitrogen and oxygen atoms in total. The van der Waals surface area contributed by atoms with E-state index in [1.54, 1.807) is 12.1 Å². The summed E-state index contributed by atoms with van der Waals surface area (Å²) in [6.45, 7) is 1.46. The first kappa shape index (κ1) is 22.9. The number of piperidine rings is 1. The van der Waals surface area contributed by atoms with Crippen LogP contribution in [0.15, 0.2) is 53.4 Å². The number of carbonyl (C=O) groups excluding carboxylic acids is 2. The minimum absolute atomic E-state index is 0.0338. The lowest BCUT2D eigenvalue weighted by atomic mass is 9.89. The summed E-state index contributed by atoms with van der Waals surface area (Å²) in [5.41, 5.74) is 0.270. The molecule has 1 amide bonds. The third kappa shape index (κ3) is 4.60. The van der Waals surface area contributed by atoms with E-state index < -0.39 is 27.3 Å². The van der Waals surface area contributed by atoms with Crippen molar-refractivity contribution in [3.8, 4) is 5.75 Å². The standard InChI is InChI=1S/C21H23FN2O6S/c1-21(20(26)23-27)19(25)3-2-13-24(21)31(28,29)18-10-8-17(9-11-18)30-14-12-15-4-6-16(22)7-5-15/h4-11,27H,2-3,12-14H2,1H3,(H,23,26)/t21-/m1/s1. The fourth-order valence-electron chi connectivity index (χ4n) is 3.47. The Morgan fingerprint density at radius 2 is 1.84 bits per heavy atom. The zero-order valence-corrected chi connectivity index (χ0v) is 17.7. The van der Waals surface area contributed by atoms with Gasteiger partial charge in [-0.05, 0) is 55.3 Å². The quantitative estimate of drug-likeness (QED) is 0.379. The number of hydrogen-bond donors (Lipinski definition) is 2. The molecule has 0 saturated carbocycles. The average molecular weight is 450 g/mol. The van der Waals surface area contributed by atoms with Crippen LogP contribution in [0.4, 0.5) is 4.39 Å². The molecule has 0 aromatic heterocycles. The van der Waals surface area contributed by atoms with Crippen molar-refractivity contribution in [3.63, 3.8) is 0 Å². The summed E-state index contributed by atoms with van der Waals surface area (Å²) in [5.74, 6) is -1.56. The second-order valence-corrected chi connectivity index (χ2v) is 9.18. The number of carbonyl (C=O) groups is 2. The second-order valence-electron chi connectivity index (χ2n) is 7.31. The molecule has 1 fully saturated rings. The third-order valence-electron chi connectivity index (χ3n) is 5.33. The van der Waals surface area contributed by atoms with Gasteiger partial charge in [0.05, 0.1) is 11.5 Å². The van der Waals surface area contributed by atoms with Crippen LogP contribution in [0.3, 0.4) is 0 Å². The predicted molar refractivity (Wildman–Crippen MR) is 109 cm³/mol. The van der Waals surface area contributed by atoms with Crippen LogP contribution in [0.2, 0.25) is 0 Å². The van der Waals surface area contributed by atoms with E-state index in [-0.39, 0.29) is 30.1 Å². The van der Waals surface area contributed by atoms with Gasteiger partial charge in [0.15, 0.2) is 11.3 Å². The normalized spacial score (nSPS) is 19.8. The van der Waals surface area contributed by atoms with Crippen molar-refractivity contribution in [2.45, 2.75) is 36.6 Å². The van der Waals surface area contributed by atoms with Crippen LogP contribution in [-0.4, -0.2) is 48.3 Å². The topological polar surface area (TPSA) is 113 Å². The minimum Gasteiger partial charge on any atom is -0.493 e. The maximum atomic E-state index is 13.1. The van der Waals surface area contributed by atoms with E-state index in [0.29, 0.717) is 18.8 Å². The smallest absolute Gasteiger partial charge is 0.272 e. The fraction of sp³-hybridized carbons (Fsp3) is 0.333. The van der Waals surface area contributed by atoms with E-state index in [1.165, 1.54) is 48.8 Å². The number of sulfonamides is 1. The molecule has 31 heavy (non-hydrogen) atoms. The van der Waals surface area contributed by atoms with E-state index in [1.807, 2.05) is 0 Å². The number of hydrogen-bond acceptors (Lipinski definition) is 6. The molecule has 0 bridgehead atoms. The number of hydroxylamine groups is 1. The highest BCUT2D eigenvalue weighted by Gasteiger charge is 2.53. The highest BCUT2D eigenvalue weighted by Crippen LogP contribution is 2.32. The van der Waals surface area contributed by atoms with Crippen LogP contribution in [0, 0.1) is 5.82 Å². The van der Waals surface area contributed by atoms with Crippen molar-refractivity contribution in [3.05, 3.63) is 59.9 Å². The maximum Gasteiger partial charge on any atom is 0.272 e. The number of nitrogens with zero attached hydrogens (tertiary/aromatic N) is 1. The molecule has 0 radical (unpaired) electrons. The molecular formula is C21H23FN2O6S. The monoisotopic (exact) mass is 450 g/mol. The number of benzene rings is 2. The Morgan fingerprint density at radius 3 is 2.45 bits per heavy atom. The van der Waals surface area contributed by atoms with Gasteiger partial charge in [0.25, 0.3) is 5.91 Å². The Kier molecular flexibility index (Phi) is 6.73. The molecule has 2 N–H and O–H groups in total. The van der Waals surface area contributed by atoms with Crippen molar-refractivity contribution >= 4 is 21.7 Å². The molecule has 2 aromatic rings. The summed E-state index contributed by atoms with van der Waals surface area (Å²) in [6, 6.07) is 11.7. The number of ether oxygens (including phenoxy) is 1. The number of halogens is 1. The lowest BCUT2D eigenvalue weighted by Gasteiger charge is -2.40. The fourth-order valence-corrected chi connectivity index (χ4v) is 5.24. The Labute approximate surface area is 179 Å². The van der Waals surface area contributed by atoms with Crippen LogP contribution in [-0.2, 0) is 26.0 Å². The van der Waals surface area contributed by atoms with E-state index in [0.717, 1.165) is 9.87 Å². The molecule has 3 rings (SSSR count). The molecule has 0 unspecified atom stereocenters. The summed E-state index contributed by atoms with van der Waals surface area (Å²) >= 11 is 0. The van der Waals surface area contributed by atoms with E-state index in [9.17, 15) is 22.4 Å². The van der Waals surface area contributed by atoms with Crippen molar-refractivity contribution in [1.29, 1.82) is 0 Å². The highest BCUT2D eigenvalue weighted by molar-refractivity contribution is 7.89. The van der Waals surface area contributed by atoms with Crippen LogP contribution >= 0.6 is 0 Å². The summed E-state index contributed by atoms with van der Waals surface area (Å²) in [6.07, 6.45) is 0.860. The average Bonchev–Trinajstić information content (AvgIpc) is 2.76. The third-order valence-corrected chi connectivity index (χ3v) is 7.33. The van der Waals surface area contributed by atoms with Crippen molar-refractivity contribution in [1.82, 2.24) is 9.79 Å². The molecular weight excluding hydrogens is 427 g/mol. The van der Waals surface area contributed by atoms with Crippen molar-refractivity contribution < 1.29 is 32.3 Å². The molecule has 10 heteroatoms. The number of Topliss-reactive ketones (excluding diaryl/α,β-unsaturated/α-hetero) is 1. The van der Waals surface area contributed by atoms with Gasteiger partial charge in [-0.1, -0.05) is 12.1 Å². The van der Waals surface area contributed by atoms with Gasteiger partial charge in [-0.15, -0.1) is 0 Å². The highest BCUT2D eigenvalue weighted by atomic mass is 32.2. The van der Waals surface area contributed by atoms with Crippen LogP contribution in [0.25, 0.3) is 0 Å². The maximum absolute atomic E-state index is 13.1. The Hall–Kier alpha value is -2.82. The van der Waals surface area contributed by atoms with E-state index in [4.69, 9.17) is 9.94 Å². The Bertz CT molecular complexity index is 1050. The molecule has 166 valence electrons. The first-order chi connectivity index (χ1) is 14.7. The van der Waals surface area contributed by atoms with E-state index >= 15 is 0 Å². The van der Waals surface area contributed by atoms with Gasteiger partial charge in [-0.25, -0.2) is 18.3 Å². The van der Waals surface area contributed by atoms with Crippen LogP contribution < -0.4 is 10.2 Å². The summed E-state index contributed by atoms with van der Waals surface area (Å²) in [5, 5.41) is 9.03. The molecule has 1 heterocycles. The van der Waals surface area contributed by atoms with Gasteiger partial charge in [0, 0.05) is 19.4 Å². The Balaban J connectivity index is 1.73. The first-order valence-corrected chi connectivity index (χ1v) is 11.1. The molecule has 1 atom stereocenters. The van der Waals surface area contributed by atoms with Gasteiger partial charge in [-0.2, -0.15) is 4.31 Å². The van der Waals surface area contributed by atoms with E-state index in [2.05, 4.69) is 0 Å². The largest absolute Gasteiger partial charge is 0.493 e. The molecule has 0 aliphatic carbocycles. The van der Waals surface area contributed by atoms with Crippen molar-refractivity contribution in [2.24, 2.45) is 0 Å². The molecule has 1 saturated heterocycles. The molecule has 1 aliphatic rings. The molecule has 1 aliphatic heterocycles. The van der Waals surface area contributed by atoms with Crippen LogP contribution in [0.5, 0.6) is 5.75 Å². The van der Waals surface area contributed by atoms with Gasteiger partial charge in [-0.3, -0.25) is 14.8 Å².